The van der Waals surface area contributed by atoms with E-state index in [-0.39, 0.29) is 17.0 Å². The van der Waals surface area contributed by atoms with Crippen molar-refractivity contribution < 1.29 is 30.8 Å². The van der Waals surface area contributed by atoms with E-state index in [0.717, 1.165) is 6.92 Å². The number of H-pyrrole nitrogens is 1. The molecule has 0 saturated carbocycles. The number of nitrogens with one attached hydrogen (secondary N) is 3. The monoisotopic (exact) mass is 500 g/mol. The lowest BCUT2D eigenvalue weighted by atomic mass is 10.1. The second-order valence-corrected chi connectivity index (χ2v) is 8.94. The highest BCUT2D eigenvalue weighted by Crippen LogP contribution is 2.28. The van der Waals surface area contributed by atoms with E-state index in [9.17, 15) is 40.4 Å². The van der Waals surface area contributed by atoms with Crippen molar-refractivity contribution >= 4 is 27.7 Å². The minimum absolute atomic E-state index is 0.0133. The molecule has 0 atom stereocenters. The summed E-state index contributed by atoms with van der Waals surface area (Å²) >= 11 is 5.80. The molecule has 15 heteroatoms. The van der Waals surface area contributed by atoms with Crippen molar-refractivity contribution in [2.24, 2.45) is 5.92 Å². The normalized spacial score (nSPS) is 12.3. The smallest absolute Gasteiger partial charge is 0.302 e. The highest BCUT2D eigenvalue weighted by atomic mass is 35.5. The molecule has 0 fully saturated rings. The highest BCUT2D eigenvalue weighted by molar-refractivity contribution is 7.88. The number of benzene rings is 1. The Labute approximate surface area is 183 Å². The molecule has 0 spiro atoms. The van der Waals surface area contributed by atoms with E-state index < -0.39 is 66.9 Å². The number of hydrogen-bond donors (Lipinski definition) is 3. The Morgan fingerprint density at radius 2 is 1.84 bits per heavy atom. The molecule has 0 aliphatic heterocycles. The van der Waals surface area contributed by atoms with Crippen LogP contribution in [-0.4, -0.2) is 30.4 Å². The van der Waals surface area contributed by atoms with Crippen LogP contribution >= 0.6 is 11.6 Å². The minimum atomic E-state index is -5.05. The molecule has 0 aliphatic rings. The average Bonchev–Trinajstić information content (AvgIpc) is 2.63. The molecule has 1 amide bonds. The topological polar surface area (TPSA) is 130 Å². The number of hydrogen-bond acceptors (Lipinski definition) is 5. The molecular formula is C17H17ClF4N4O5S. The van der Waals surface area contributed by atoms with Crippen LogP contribution in [0, 0.1) is 18.7 Å². The van der Waals surface area contributed by atoms with Gasteiger partial charge in [0.05, 0.1) is 16.3 Å². The quantitative estimate of drug-likeness (QED) is 0.521. The fourth-order valence-corrected chi connectivity index (χ4v) is 3.71. The van der Waals surface area contributed by atoms with Gasteiger partial charge in [-0.3, -0.25) is 9.59 Å². The van der Waals surface area contributed by atoms with Gasteiger partial charge < -0.3 is 4.98 Å². The van der Waals surface area contributed by atoms with Gasteiger partial charge in [0.25, 0.3) is 11.5 Å². The lowest BCUT2D eigenvalue weighted by Gasteiger charge is -2.14. The summed E-state index contributed by atoms with van der Waals surface area (Å²) in [5.74, 6) is -2.75. The van der Waals surface area contributed by atoms with Crippen molar-refractivity contribution in [3.05, 3.63) is 60.6 Å². The van der Waals surface area contributed by atoms with Crippen molar-refractivity contribution in [1.29, 1.82) is 0 Å². The second-order valence-electron chi connectivity index (χ2n) is 7.03. The number of aromatic amines is 1. The fourth-order valence-electron chi connectivity index (χ4n) is 2.50. The van der Waals surface area contributed by atoms with Crippen molar-refractivity contribution in [1.82, 2.24) is 19.0 Å². The van der Waals surface area contributed by atoms with Crippen LogP contribution in [-0.2, 0) is 16.4 Å². The van der Waals surface area contributed by atoms with Crippen LogP contribution in [0.3, 0.4) is 0 Å². The minimum Gasteiger partial charge on any atom is -0.302 e. The van der Waals surface area contributed by atoms with E-state index in [0.29, 0.717) is 12.1 Å². The molecule has 0 unspecified atom stereocenters. The van der Waals surface area contributed by atoms with E-state index in [1.165, 1.54) is 4.98 Å². The van der Waals surface area contributed by atoms with E-state index >= 15 is 0 Å². The third-order valence-electron chi connectivity index (χ3n) is 4.05. The van der Waals surface area contributed by atoms with Crippen LogP contribution < -0.4 is 20.7 Å². The van der Waals surface area contributed by atoms with Crippen molar-refractivity contribution in [2.45, 2.75) is 26.9 Å². The summed E-state index contributed by atoms with van der Waals surface area (Å²) < 4.78 is 81.1. The van der Waals surface area contributed by atoms with E-state index in [1.54, 1.807) is 18.6 Å². The number of aromatic nitrogens is 2. The molecule has 1 heterocycles. The molecular weight excluding hydrogens is 484 g/mol. The van der Waals surface area contributed by atoms with Gasteiger partial charge in [0.1, 0.15) is 11.5 Å². The van der Waals surface area contributed by atoms with E-state index in [1.807, 2.05) is 0 Å². The van der Waals surface area contributed by atoms with Gasteiger partial charge in [0.2, 0.25) is 0 Å². The molecule has 0 radical (unpaired) electrons. The van der Waals surface area contributed by atoms with Crippen LogP contribution in [0.5, 0.6) is 0 Å². The van der Waals surface area contributed by atoms with Gasteiger partial charge in [-0.1, -0.05) is 25.4 Å². The summed E-state index contributed by atoms with van der Waals surface area (Å²) in [5.41, 5.74) is -7.24. The summed E-state index contributed by atoms with van der Waals surface area (Å²) in [6.45, 7) is 4.16. The second kappa shape index (κ2) is 9.03. The first-order chi connectivity index (χ1) is 14.5. The maximum atomic E-state index is 14.5. The third kappa shape index (κ3) is 5.55. The first-order valence-electron chi connectivity index (χ1n) is 8.79. The molecule has 2 aromatic rings. The number of amides is 1. The molecule has 0 saturated heterocycles. The number of carbonyl (C=O) groups is 1. The maximum Gasteiger partial charge on any atom is 0.431 e. The largest absolute Gasteiger partial charge is 0.431 e. The lowest BCUT2D eigenvalue weighted by molar-refractivity contribution is -0.142. The first kappa shape index (κ1) is 25.5. The van der Waals surface area contributed by atoms with Gasteiger partial charge in [-0.25, -0.2) is 18.5 Å². The predicted molar refractivity (Wildman–Crippen MR) is 107 cm³/mol. The van der Waals surface area contributed by atoms with Crippen molar-refractivity contribution in [2.75, 3.05) is 6.54 Å². The van der Waals surface area contributed by atoms with Crippen LogP contribution in [0.15, 0.2) is 21.7 Å². The molecule has 176 valence electrons. The molecule has 2 rings (SSSR count). The summed E-state index contributed by atoms with van der Waals surface area (Å²) in [6.07, 6.45) is -5.05. The zero-order valence-electron chi connectivity index (χ0n) is 16.7. The number of alkyl halides is 3. The predicted octanol–water partition coefficient (Wildman–Crippen LogP) is 1.87. The maximum absolute atomic E-state index is 14.5. The number of carbonyl (C=O) groups excluding carboxylic acids is 1. The Hall–Kier alpha value is -2.71. The van der Waals surface area contributed by atoms with Crippen LogP contribution in [0.25, 0.3) is 5.69 Å². The number of nitrogens with zero attached hydrogens (tertiary/aromatic N) is 1. The van der Waals surface area contributed by atoms with Gasteiger partial charge >= 0.3 is 22.1 Å². The molecule has 32 heavy (non-hydrogen) atoms. The average molecular weight is 501 g/mol. The Kier molecular flexibility index (Phi) is 7.21. The molecule has 0 bridgehead atoms. The molecule has 1 aromatic carbocycles. The van der Waals surface area contributed by atoms with Gasteiger partial charge in [-0.2, -0.15) is 26.3 Å². The summed E-state index contributed by atoms with van der Waals surface area (Å²) in [4.78, 5) is 38.4. The zero-order valence-corrected chi connectivity index (χ0v) is 18.3. The van der Waals surface area contributed by atoms with Crippen LogP contribution in [0.4, 0.5) is 17.6 Å². The van der Waals surface area contributed by atoms with Crippen molar-refractivity contribution in [3.63, 3.8) is 0 Å². The number of rotatable bonds is 6. The van der Waals surface area contributed by atoms with Gasteiger partial charge in [-0.15, -0.1) is 0 Å². The zero-order chi connectivity index (χ0) is 24.6. The summed E-state index contributed by atoms with van der Waals surface area (Å²) in [6, 6.07) is 1.09. The third-order valence-corrected chi connectivity index (χ3v) is 5.36. The lowest BCUT2D eigenvalue weighted by Crippen LogP contribution is -2.42. The van der Waals surface area contributed by atoms with Gasteiger partial charge in [-0.05, 0) is 25.0 Å². The first-order valence-corrected chi connectivity index (χ1v) is 10.7. The highest BCUT2D eigenvalue weighted by Gasteiger charge is 2.36. The molecule has 9 nitrogen and oxygen atoms in total. The van der Waals surface area contributed by atoms with Gasteiger partial charge in [0.15, 0.2) is 0 Å². The molecule has 0 aliphatic carbocycles. The van der Waals surface area contributed by atoms with E-state index in [2.05, 4.69) is 4.72 Å². The van der Waals surface area contributed by atoms with Crippen LogP contribution in [0.2, 0.25) is 5.02 Å². The van der Waals surface area contributed by atoms with E-state index in [4.69, 9.17) is 11.6 Å². The SMILES string of the molecule is Cc1c(C(F)(F)F)[nH]c(=O)n(-c2cc(C(=O)NS(=O)(=O)NCC(C)C)c(Cl)cc2F)c1=O. The fraction of sp³-hybridized carbons (Fsp3) is 0.353. The number of halogens is 5. The Morgan fingerprint density at radius 3 is 2.38 bits per heavy atom. The van der Waals surface area contributed by atoms with Gasteiger partial charge in [0, 0.05) is 12.1 Å². The molecule has 3 N–H and O–H groups in total. The Bertz CT molecular complexity index is 1290. The Morgan fingerprint density at radius 1 is 1.25 bits per heavy atom. The molecule has 1 aromatic heterocycles. The standard InChI is InChI=1S/C17H17ClF4N4O5S/c1-7(2)6-23-32(30,31)25-14(27)9-4-12(11(19)5-10(9)18)26-15(28)8(3)13(17(20,21)22)24-16(26)29/h4-5,7,23H,6H2,1-3H3,(H,24,29)(H,25,27). The summed E-state index contributed by atoms with van der Waals surface area (Å²) in [5, 5.41) is -0.573. The van der Waals surface area contributed by atoms with Crippen molar-refractivity contribution in [3.8, 4) is 5.69 Å². The summed E-state index contributed by atoms with van der Waals surface area (Å²) in [7, 11) is -4.34. The van der Waals surface area contributed by atoms with Crippen LogP contribution in [0.1, 0.15) is 35.5 Å². The Balaban J connectivity index is 2.60.